The number of benzene rings is 1. The number of nitrogens with zero attached hydrogens (tertiary/aromatic N) is 4. The predicted molar refractivity (Wildman–Crippen MR) is 156 cm³/mol. The molecule has 2 aromatic rings. The molecule has 0 radical (unpaired) electrons. The molecule has 6 atom stereocenters. The molecule has 3 heterocycles. The SMILES string of the molecule is CC(C)O/N=C(\CCC(=O)O)c1nc2ccccc2n(C2C[C@H]3CCC[C@@H](C2)N3C2C[C@H]3CCC[C@@H](C2)C3)c1=O. The number of oxime groups is 1. The Morgan fingerprint density at radius 2 is 1.62 bits per heavy atom. The Hall–Kier alpha value is -2.74. The first kappa shape index (κ1) is 27.4. The summed E-state index contributed by atoms with van der Waals surface area (Å²) in [7, 11) is 0. The van der Waals surface area contributed by atoms with Gasteiger partial charge in [-0.2, -0.15) is 0 Å². The highest BCUT2D eigenvalue weighted by Crippen LogP contribution is 2.47. The van der Waals surface area contributed by atoms with Gasteiger partial charge >= 0.3 is 5.97 Å². The normalized spacial score (nSPS) is 30.9. The minimum absolute atomic E-state index is 0.0838. The van der Waals surface area contributed by atoms with Gasteiger partial charge in [-0.1, -0.05) is 43.0 Å². The maximum absolute atomic E-state index is 14.3. The van der Waals surface area contributed by atoms with E-state index in [2.05, 4.69) is 10.1 Å². The molecule has 1 aromatic carbocycles. The van der Waals surface area contributed by atoms with E-state index in [-0.39, 0.29) is 36.2 Å². The fraction of sp³-hybridized carbons (Fsp3) is 0.688. The van der Waals surface area contributed by atoms with E-state index in [1.807, 2.05) is 42.7 Å². The lowest BCUT2D eigenvalue weighted by molar-refractivity contribution is -0.136. The van der Waals surface area contributed by atoms with Crippen LogP contribution in [0.1, 0.15) is 109 Å². The number of fused-ring (bicyclic) bond motifs is 5. The average molecular weight is 549 g/mol. The van der Waals surface area contributed by atoms with Crippen molar-refractivity contribution in [1.29, 1.82) is 0 Å². The standard InChI is InChI=1S/C32H44N4O4/c1-20(2)40-34-28(13-14-30(37)38)31-32(39)36(29-12-4-3-11-27(29)33-31)26-18-23-9-6-10-24(19-26)35(23)25-16-21-7-5-8-22(15-21)17-25/h3-4,11-12,20-26H,5-10,13-19H2,1-2H3,(H,37,38)/b34-28+/t21-,22+,23-,24+,25?,26?. The Morgan fingerprint density at radius 3 is 2.30 bits per heavy atom. The summed E-state index contributed by atoms with van der Waals surface area (Å²) in [6.45, 7) is 3.72. The molecule has 4 fully saturated rings. The lowest BCUT2D eigenvalue weighted by Gasteiger charge is -2.55. The lowest BCUT2D eigenvalue weighted by Crippen LogP contribution is -2.58. The fourth-order valence-corrected chi connectivity index (χ4v) is 8.44. The van der Waals surface area contributed by atoms with Gasteiger partial charge in [0.25, 0.3) is 5.56 Å². The second-order valence-electron chi connectivity index (χ2n) is 13.0. The van der Waals surface area contributed by atoms with Crippen LogP contribution in [-0.2, 0) is 9.63 Å². The summed E-state index contributed by atoms with van der Waals surface area (Å²) < 4.78 is 1.97. The molecule has 1 N–H and O–H groups in total. The van der Waals surface area contributed by atoms with Gasteiger partial charge in [-0.3, -0.25) is 14.5 Å². The van der Waals surface area contributed by atoms with Crippen molar-refractivity contribution in [2.24, 2.45) is 17.0 Å². The highest BCUT2D eigenvalue weighted by atomic mass is 16.6. The molecular formula is C32H44N4O4. The second-order valence-corrected chi connectivity index (χ2v) is 13.0. The summed E-state index contributed by atoms with van der Waals surface area (Å²) in [5.74, 6) is 0.870. The number of rotatable bonds is 8. The average Bonchev–Trinajstić information content (AvgIpc) is 2.92. The van der Waals surface area contributed by atoms with Gasteiger partial charge in [0, 0.05) is 30.6 Å². The van der Waals surface area contributed by atoms with Crippen molar-refractivity contribution in [2.45, 2.75) is 128 Å². The minimum atomic E-state index is -0.939. The predicted octanol–water partition coefficient (Wildman–Crippen LogP) is 5.92. The number of carbonyl (C=O) groups is 1. The number of hydrogen-bond acceptors (Lipinski definition) is 6. The van der Waals surface area contributed by atoms with Crippen LogP contribution in [0.15, 0.2) is 34.2 Å². The van der Waals surface area contributed by atoms with E-state index in [0.717, 1.165) is 35.7 Å². The minimum Gasteiger partial charge on any atom is -0.481 e. The van der Waals surface area contributed by atoms with Gasteiger partial charge in [0.2, 0.25) is 0 Å². The Balaban J connectivity index is 1.35. The maximum atomic E-state index is 14.3. The third kappa shape index (κ3) is 5.56. The molecule has 8 heteroatoms. The Morgan fingerprint density at radius 1 is 0.950 bits per heavy atom. The number of aromatic nitrogens is 2. The zero-order valence-electron chi connectivity index (χ0n) is 24.0. The molecule has 4 aliphatic rings. The molecule has 40 heavy (non-hydrogen) atoms. The van der Waals surface area contributed by atoms with Crippen LogP contribution in [0.2, 0.25) is 0 Å². The van der Waals surface area contributed by atoms with E-state index in [0.29, 0.717) is 23.8 Å². The summed E-state index contributed by atoms with van der Waals surface area (Å²) in [5, 5.41) is 13.6. The van der Waals surface area contributed by atoms with Crippen LogP contribution in [0, 0.1) is 11.8 Å². The summed E-state index contributed by atoms with van der Waals surface area (Å²) >= 11 is 0. The van der Waals surface area contributed by atoms with Crippen molar-refractivity contribution < 1.29 is 14.7 Å². The highest BCUT2D eigenvalue weighted by molar-refractivity contribution is 6.00. The monoisotopic (exact) mass is 548 g/mol. The third-order valence-electron chi connectivity index (χ3n) is 9.91. The Labute approximate surface area is 236 Å². The van der Waals surface area contributed by atoms with Crippen molar-refractivity contribution in [2.75, 3.05) is 0 Å². The van der Waals surface area contributed by atoms with Gasteiger partial charge < -0.3 is 14.5 Å². The molecule has 2 aliphatic heterocycles. The number of carboxylic acid groups (broad SMARTS) is 1. The topological polar surface area (TPSA) is 97.0 Å². The van der Waals surface area contributed by atoms with Crippen LogP contribution in [0.4, 0.5) is 0 Å². The number of para-hydroxylation sites is 2. The first-order valence-electron chi connectivity index (χ1n) is 15.6. The van der Waals surface area contributed by atoms with E-state index in [4.69, 9.17) is 9.82 Å². The Bertz CT molecular complexity index is 1290. The first-order chi connectivity index (χ1) is 19.4. The molecule has 2 unspecified atom stereocenters. The molecule has 2 saturated heterocycles. The quantitative estimate of drug-likeness (QED) is 0.325. The summed E-state index contributed by atoms with van der Waals surface area (Å²) in [6, 6.07) is 9.63. The van der Waals surface area contributed by atoms with Crippen molar-refractivity contribution in [3.8, 4) is 0 Å². The second kappa shape index (κ2) is 11.6. The van der Waals surface area contributed by atoms with Gasteiger partial charge in [0.1, 0.15) is 11.8 Å². The molecule has 0 amide bonds. The molecule has 2 aliphatic carbocycles. The summed E-state index contributed by atoms with van der Waals surface area (Å²) in [6.07, 6.45) is 13.8. The maximum Gasteiger partial charge on any atom is 0.303 e. The molecular weight excluding hydrogens is 504 g/mol. The molecule has 1 aromatic heterocycles. The number of aliphatic carboxylic acids is 1. The van der Waals surface area contributed by atoms with Crippen LogP contribution >= 0.6 is 0 Å². The van der Waals surface area contributed by atoms with Crippen LogP contribution < -0.4 is 5.56 Å². The number of carboxylic acids is 1. The zero-order valence-corrected chi connectivity index (χ0v) is 24.0. The third-order valence-corrected chi connectivity index (χ3v) is 9.91. The molecule has 4 bridgehead atoms. The first-order valence-corrected chi connectivity index (χ1v) is 15.6. The smallest absolute Gasteiger partial charge is 0.303 e. The number of hydrogen-bond donors (Lipinski definition) is 1. The van der Waals surface area contributed by atoms with E-state index in [1.54, 1.807) is 0 Å². The highest BCUT2D eigenvalue weighted by Gasteiger charge is 2.45. The van der Waals surface area contributed by atoms with Gasteiger partial charge in [-0.05, 0) is 82.8 Å². The van der Waals surface area contributed by atoms with Crippen molar-refractivity contribution >= 4 is 22.7 Å². The molecule has 2 saturated carbocycles. The van der Waals surface area contributed by atoms with E-state index >= 15 is 0 Å². The van der Waals surface area contributed by atoms with E-state index in [9.17, 15) is 14.7 Å². The molecule has 216 valence electrons. The molecule has 0 spiro atoms. The number of piperidine rings is 2. The van der Waals surface area contributed by atoms with E-state index < -0.39 is 5.97 Å². The summed E-state index contributed by atoms with van der Waals surface area (Å²) in [4.78, 5) is 38.8. The van der Waals surface area contributed by atoms with Crippen LogP contribution in [0.3, 0.4) is 0 Å². The van der Waals surface area contributed by atoms with Crippen molar-refractivity contribution in [3.05, 3.63) is 40.3 Å². The van der Waals surface area contributed by atoms with Crippen LogP contribution in [0.25, 0.3) is 11.0 Å². The fourth-order valence-electron chi connectivity index (χ4n) is 8.44. The lowest BCUT2D eigenvalue weighted by atomic mass is 9.68. The summed E-state index contributed by atoms with van der Waals surface area (Å²) in [5.41, 5.74) is 1.93. The van der Waals surface area contributed by atoms with E-state index in [1.165, 1.54) is 57.8 Å². The molecule has 6 rings (SSSR count). The Kier molecular flexibility index (Phi) is 7.98. The van der Waals surface area contributed by atoms with Gasteiger partial charge in [0.05, 0.1) is 17.5 Å². The van der Waals surface area contributed by atoms with Crippen LogP contribution in [0.5, 0.6) is 0 Å². The van der Waals surface area contributed by atoms with Gasteiger partial charge in [0.15, 0.2) is 5.69 Å². The van der Waals surface area contributed by atoms with Crippen molar-refractivity contribution in [3.63, 3.8) is 0 Å². The largest absolute Gasteiger partial charge is 0.481 e. The van der Waals surface area contributed by atoms with Crippen LogP contribution in [-0.4, -0.2) is 55.5 Å². The van der Waals surface area contributed by atoms with Gasteiger partial charge in [-0.25, -0.2) is 4.98 Å². The van der Waals surface area contributed by atoms with Crippen molar-refractivity contribution in [1.82, 2.24) is 14.5 Å². The zero-order chi connectivity index (χ0) is 27.8. The molecule has 8 nitrogen and oxygen atoms in total. The van der Waals surface area contributed by atoms with Gasteiger partial charge in [-0.15, -0.1) is 0 Å².